The predicted octanol–water partition coefficient (Wildman–Crippen LogP) is 1.01. The van der Waals surface area contributed by atoms with Crippen molar-refractivity contribution in [3.63, 3.8) is 0 Å². The summed E-state index contributed by atoms with van der Waals surface area (Å²) in [7, 11) is 0. The first-order chi connectivity index (χ1) is 4.66. The Hall–Kier alpha value is 0.140. The number of hydrogen-bond donors (Lipinski definition) is 2. The Morgan fingerprint density at radius 2 is 1.91 bits per heavy atom. The van der Waals surface area contributed by atoms with Crippen LogP contribution in [0.25, 0.3) is 0 Å². The molecule has 1 saturated carbocycles. The number of alkyl halides is 1. The van der Waals surface area contributed by atoms with Gasteiger partial charge < -0.3 is 10.8 Å². The molecule has 1 fully saturated rings. The second-order valence-electron chi connectivity index (χ2n) is 3.15. The molecule has 0 aliphatic heterocycles. The Labute approximate surface area is 72.4 Å². The molecule has 0 aromatic rings. The van der Waals surface area contributed by atoms with Gasteiger partial charge >= 0.3 is 0 Å². The summed E-state index contributed by atoms with van der Waals surface area (Å²) in [6.45, 7) is -0.348. The fourth-order valence-corrected chi connectivity index (χ4v) is 1.32. The molecule has 1 rings (SSSR count). The number of aliphatic hydroxyl groups excluding tert-OH is 1. The topological polar surface area (TPSA) is 46.2 Å². The molecule has 0 aromatic carbocycles. The van der Waals surface area contributed by atoms with Gasteiger partial charge in [0.25, 0.3) is 0 Å². The van der Waals surface area contributed by atoms with Crippen molar-refractivity contribution < 1.29 is 9.50 Å². The lowest BCUT2D eigenvalue weighted by atomic mass is 9.84. The van der Waals surface area contributed by atoms with E-state index in [1.165, 1.54) is 0 Å². The molecule has 1 aliphatic rings. The molecule has 0 unspecified atom stereocenters. The average molecular weight is 184 g/mol. The van der Waals surface area contributed by atoms with E-state index < -0.39 is 5.67 Å². The molecule has 0 aromatic heterocycles. The van der Waals surface area contributed by atoms with Crippen LogP contribution >= 0.6 is 12.4 Å². The predicted molar refractivity (Wildman–Crippen MR) is 44.6 cm³/mol. The van der Waals surface area contributed by atoms with Gasteiger partial charge in [-0.1, -0.05) is 0 Å². The second kappa shape index (κ2) is 4.24. The SMILES string of the molecule is Cl.NC1CCC(F)(CO)CC1. The van der Waals surface area contributed by atoms with Gasteiger partial charge in [-0.15, -0.1) is 12.4 Å². The fraction of sp³-hybridized carbons (Fsp3) is 1.00. The lowest BCUT2D eigenvalue weighted by molar-refractivity contribution is 0.0320. The van der Waals surface area contributed by atoms with Gasteiger partial charge in [0.15, 0.2) is 0 Å². The van der Waals surface area contributed by atoms with Crippen LogP contribution in [0.5, 0.6) is 0 Å². The molecule has 0 saturated heterocycles. The van der Waals surface area contributed by atoms with E-state index >= 15 is 0 Å². The minimum atomic E-state index is -1.32. The van der Waals surface area contributed by atoms with Crippen molar-refractivity contribution in [3.8, 4) is 0 Å². The van der Waals surface area contributed by atoms with E-state index in [4.69, 9.17) is 10.8 Å². The van der Waals surface area contributed by atoms with Crippen molar-refractivity contribution >= 4 is 12.4 Å². The standard InChI is InChI=1S/C7H14FNO.ClH/c8-7(5-10)3-1-6(9)2-4-7;/h6,10H,1-5,9H2;1H. The normalized spacial score (nSPS) is 37.9. The molecule has 68 valence electrons. The van der Waals surface area contributed by atoms with Crippen LogP contribution in [0, 0.1) is 0 Å². The van der Waals surface area contributed by atoms with E-state index in [1.54, 1.807) is 0 Å². The van der Waals surface area contributed by atoms with Crippen molar-refractivity contribution in [2.75, 3.05) is 6.61 Å². The molecule has 0 amide bonds. The zero-order chi connectivity index (χ0) is 7.61. The minimum Gasteiger partial charge on any atom is -0.393 e. The molecule has 1 aliphatic carbocycles. The number of aliphatic hydroxyl groups is 1. The first-order valence-corrected chi connectivity index (χ1v) is 3.72. The molecule has 0 bridgehead atoms. The van der Waals surface area contributed by atoms with Crippen molar-refractivity contribution in [3.05, 3.63) is 0 Å². The average Bonchev–Trinajstić information content (AvgIpc) is 1.96. The van der Waals surface area contributed by atoms with Crippen LogP contribution in [-0.2, 0) is 0 Å². The van der Waals surface area contributed by atoms with Gasteiger partial charge in [-0.05, 0) is 25.7 Å². The number of rotatable bonds is 1. The lowest BCUT2D eigenvalue weighted by Gasteiger charge is -2.30. The third-order valence-electron chi connectivity index (χ3n) is 2.21. The van der Waals surface area contributed by atoms with Crippen LogP contribution in [-0.4, -0.2) is 23.4 Å². The highest BCUT2D eigenvalue weighted by atomic mass is 35.5. The highest BCUT2D eigenvalue weighted by molar-refractivity contribution is 5.85. The molecule has 3 N–H and O–H groups in total. The summed E-state index contributed by atoms with van der Waals surface area (Å²) in [4.78, 5) is 0. The van der Waals surface area contributed by atoms with Crippen LogP contribution < -0.4 is 5.73 Å². The fourth-order valence-electron chi connectivity index (χ4n) is 1.32. The molecular weight excluding hydrogens is 169 g/mol. The van der Waals surface area contributed by atoms with Crippen molar-refractivity contribution in [2.45, 2.75) is 37.4 Å². The monoisotopic (exact) mass is 183 g/mol. The zero-order valence-electron chi connectivity index (χ0n) is 6.42. The van der Waals surface area contributed by atoms with Gasteiger partial charge in [0, 0.05) is 6.04 Å². The largest absolute Gasteiger partial charge is 0.393 e. The molecule has 4 heteroatoms. The third kappa shape index (κ3) is 2.93. The Balaban J connectivity index is 0.000001000. The van der Waals surface area contributed by atoms with Gasteiger partial charge in [-0.2, -0.15) is 0 Å². The molecule has 0 radical (unpaired) electrons. The Morgan fingerprint density at radius 3 is 2.27 bits per heavy atom. The summed E-state index contributed by atoms with van der Waals surface area (Å²) >= 11 is 0. The molecule has 0 spiro atoms. The first-order valence-electron chi connectivity index (χ1n) is 3.72. The van der Waals surface area contributed by atoms with Crippen LogP contribution in [0.4, 0.5) is 4.39 Å². The van der Waals surface area contributed by atoms with Gasteiger partial charge in [0.2, 0.25) is 0 Å². The summed E-state index contributed by atoms with van der Waals surface area (Å²) in [5, 5.41) is 8.62. The molecule has 0 heterocycles. The Bertz CT molecular complexity index is 115. The van der Waals surface area contributed by atoms with Crippen LogP contribution in [0.1, 0.15) is 25.7 Å². The number of nitrogens with two attached hydrogens (primary N) is 1. The van der Waals surface area contributed by atoms with Crippen LogP contribution in [0.2, 0.25) is 0 Å². The van der Waals surface area contributed by atoms with E-state index in [0.717, 1.165) is 0 Å². The maximum atomic E-state index is 13.2. The lowest BCUT2D eigenvalue weighted by Crippen LogP contribution is -2.38. The molecular formula is C7H15ClFNO. The Kier molecular flexibility index (Phi) is 4.29. The molecule has 0 atom stereocenters. The summed E-state index contributed by atoms with van der Waals surface area (Å²) in [6.07, 6.45) is 2.25. The van der Waals surface area contributed by atoms with Crippen molar-refractivity contribution in [1.82, 2.24) is 0 Å². The number of halogens is 2. The van der Waals surface area contributed by atoms with Crippen molar-refractivity contribution in [2.24, 2.45) is 5.73 Å². The highest BCUT2D eigenvalue weighted by Crippen LogP contribution is 2.30. The van der Waals surface area contributed by atoms with Crippen LogP contribution in [0.15, 0.2) is 0 Å². The minimum absolute atomic E-state index is 0. The summed E-state index contributed by atoms with van der Waals surface area (Å²) in [5.41, 5.74) is 4.24. The summed E-state index contributed by atoms with van der Waals surface area (Å²) < 4.78 is 13.2. The smallest absolute Gasteiger partial charge is 0.134 e. The highest BCUT2D eigenvalue weighted by Gasteiger charge is 2.33. The quantitative estimate of drug-likeness (QED) is 0.638. The van der Waals surface area contributed by atoms with E-state index in [2.05, 4.69) is 0 Å². The zero-order valence-corrected chi connectivity index (χ0v) is 7.24. The van der Waals surface area contributed by atoms with E-state index in [9.17, 15) is 4.39 Å². The van der Waals surface area contributed by atoms with Crippen LogP contribution in [0.3, 0.4) is 0 Å². The molecule has 2 nitrogen and oxygen atoms in total. The van der Waals surface area contributed by atoms with E-state index in [1.807, 2.05) is 0 Å². The van der Waals surface area contributed by atoms with Crippen molar-refractivity contribution in [1.29, 1.82) is 0 Å². The number of hydrogen-bond acceptors (Lipinski definition) is 2. The van der Waals surface area contributed by atoms with Gasteiger partial charge in [-0.25, -0.2) is 4.39 Å². The maximum absolute atomic E-state index is 13.2. The Morgan fingerprint density at radius 1 is 1.45 bits per heavy atom. The van der Waals surface area contributed by atoms with Gasteiger partial charge in [0.1, 0.15) is 5.67 Å². The summed E-state index contributed by atoms with van der Waals surface area (Å²) in [6, 6.07) is 0.149. The third-order valence-corrected chi connectivity index (χ3v) is 2.21. The first kappa shape index (κ1) is 11.1. The van der Waals surface area contributed by atoms with Gasteiger partial charge in [0.05, 0.1) is 6.61 Å². The maximum Gasteiger partial charge on any atom is 0.134 e. The second-order valence-corrected chi connectivity index (χ2v) is 3.15. The van der Waals surface area contributed by atoms with E-state index in [0.29, 0.717) is 25.7 Å². The van der Waals surface area contributed by atoms with E-state index in [-0.39, 0.29) is 25.1 Å². The summed E-state index contributed by atoms with van der Waals surface area (Å²) in [5.74, 6) is 0. The van der Waals surface area contributed by atoms with Gasteiger partial charge in [-0.3, -0.25) is 0 Å². The molecule has 11 heavy (non-hydrogen) atoms.